The van der Waals surface area contributed by atoms with Gasteiger partial charge in [0.1, 0.15) is 0 Å². The topological polar surface area (TPSA) is 45.9 Å². The van der Waals surface area contributed by atoms with E-state index in [9.17, 15) is 8.78 Å². The summed E-state index contributed by atoms with van der Waals surface area (Å²) in [5.74, 6) is -0.195. The van der Waals surface area contributed by atoms with Crippen LogP contribution in [-0.4, -0.2) is 12.1 Å². The van der Waals surface area contributed by atoms with Crippen LogP contribution < -0.4 is 4.74 Å². The number of hydrogen-bond donors (Lipinski definition) is 0. The van der Waals surface area contributed by atoms with Gasteiger partial charge in [0.15, 0.2) is 0 Å². The summed E-state index contributed by atoms with van der Waals surface area (Å²) in [6, 6.07) is 2.91. The van der Waals surface area contributed by atoms with Gasteiger partial charge in [-0.05, 0) is 6.07 Å². The summed E-state index contributed by atoms with van der Waals surface area (Å²) in [5.41, 5.74) is -0.135. The third-order valence-corrected chi connectivity index (χ3v) is 2.04. The number of pyridine rings is 1. The highest BCUT2D eigenvalue weighted by Gasteiger charge is 2.18. The fourth-order valence-corrected chi connectivity index (χ4v) is 1.27. The minimum atomic E-state index is -2.71. The van der Waals surface area contributed by atoms with Gasteiger partial charge in [0, 0.05) is 0 Å². The highest BCUT2D eigenvalue weighted by atomic mass is 35.5. The van der Waals surface area contributed by atoms with Gasteiger partial charge in [-0.2, -0.15) is 5.26 Å². The van der Waals surface area contributed by atoms with Gasteiger partial charge in [-0.25, -0.2) is 13.8 Å². The Balaban J connectivity index is 3.24. The summed E-state index contributed by atoms with van der Waals surface area (Å²) in [5, 5.41) is 8.50. The van der Waals surface area contributed by atoms with Crippen LogP contribution in [0.15, 0.2) is 6.07 Å². The Morgan fingerprint density at radius 2 is 2.33 bits per heavy atom. The lowest BCUT2D eigenvalue weighted by Gasteiger charge is -2.09. The lowest BCUT2D eigenvalue weighted by atomic mass is 10.2. The lowest BCUT2D eigenvalue weighted by molar-refractivity contribution is 0.146. The largest absolute Gasteiger partial charge is 0.481 e. The molecule has 6 heteroatoms. The first-order valence-electron chi connectivity index (χ1n) is 3.98. The molecule has 0 aliphatic carbocycles. The van der Waals surface area contributed by atoms with E-state index in [-0.39, 0.29) is 28.6 Å². The Hall–Kier alpha value is -1.41. The molecule has 0 spiro atoms. The van der Waals surface area contributed by atoms with Gasteiger partial charge in [0.2, 0.25) is 5.88 Å². The number of nitrogens with zero attached hydrogens (tertiary/aromatic N) is 2. The van der Waals surface area contributed by atoms with Crippen molar-refractivity contribution in [3.63, 3.8) is 0 Å². The summed E-state index contributed by atoms with van der Waals surface area (Å²) in [4.78, 5) is 3.75. The second kappa shape index (κ2) is 4.89. The molecule has 0 N–H and O–H groups in total. The summed E-state index contributed by atoms with van der Waals surface area (Å²) < 4.78 is 29.6. The molecule has 0 aromatic carbocycles. The van der Waals surface area contributed by atoms with E-state index >= 15 is 0 Å². The van der Waals surface area contributed by atoms with E-state index in [0.717, 1.165) is 6.07 Å². The maximum Gasteiger partial charge on any atom is 0.269 e. The predicted octanol–water partition coefficient (Wildman–Crippen LogP) is 2.75. The fraction of sp³-hybridized carbons (Fsp3) is 0.333. The van der Waals surface area contributed by atoms with Crippen molar-refractivity contribution in [2.24, 2.45) is 0 Å². The predicted molar refractivity (Wildman–Crippen MR) is 50.1 cm³/mol. The summed E-state index contributed by atoms with van der Waals surface area (Å²) in [6.07, 6.45) is -2.75. The zero-order valence-electron chi connectivity index (χ0n) is 7.80. The van der Waals surface area contributed by atoms with Crippen LogP contribution in [0.2, 0.25) is 5.02 Å². The van der Waals surface area contributed by atoms with E-state index < -0.39 is 6.43 Å². The molecule has 0 saturated carbocycles. The third-order valence-electron chi connectivity index (χ3n) is 1.72. The van der Waals surface area contributed by atoms with E-state index in [1.807, 2.05) is 6.07 Å². The molecule has 1 aromatic rings. The molecule has 0 bridgehead atoms. The first-order chi connectivity index (χ1) is 7.10. The van der Waals surface area contributed by atoms with Crippen LogP contribution in [0.3, 0.4) is 0 Å². The van der Waals surface area contributed by atoms with Crippen LogP contribution >= 0.6 is 11.6 Å². The normalized spacial score (nSPS) is 10.1. The SMILES string of the molecule is COc1nc(CC#N)c(Cl)cc1C(F)F. The van der Waals surface area contributed by atoms with Gasteiger partial charge in [0.05, 0.1) is 35.9 Å². The molecular formula is C9H7ClF2N2O. The second-order valence-corrected chi connectivity index (χ2v) is 3.06. The van der Waals surface area contributed by atoms with Crippen LogP contribution in [0.25, 0.3) is 0 Å². The van der Waals surface area contributed by atoms with Gasteiger partial charge in [-0.3, -0.25) is 0 Å². The van der Waals surface area contributed by atoms with Crippen LogP contribution in [0.4, 0.5) is 8.78 Å². The van der Waals surface area contributed by atoms with Crippen molar-refractivity contribution in [3.8, 4) is 11.9 Å². The Morgan fingerprint density at radius 1 is 1.67 bits per heavy atom. The first-order valence-corrected chi connectivity index (χ1v) is 4.36. The van der Waals surface area contributed by atoms with Gasteiger partial charge >= 0.3 is 0 Å². The van der Waals surface area contributed by atoms with Crippen molar-refractivity contribution < 1.29 is 13.5 Å². The van der Waals surface area contributed by atoms with Crippen molar-refractivity contribution in [2.45, 2.75) is 12.8 Å². The number of aromatic nitrogens is 1. The Morgan fingerprint density at radius 3 is 2.80 bits per heavy atom. The minimum absolute atomic E-state index is 0.0429. The van der Waals surface area contributed by atoms with Crippen LogP contribution in [0.5, 0.6) is 5.88 Å². The van der Waals surface area contributed by atoms with Gasteiger partial charge in [0.25, 0.3) is 6.43 Å². The molecule has 1 heterocycles. The second-order valence-electron chi connectivity index (χ2n) is 2.65. The van der Waals surface area contributed by atoms with Crippen molar-refractivity contribution in [1.29, 1.82) is 5.26 Å². The quantitative estimate of drug-likeness (QED) is 0.805. The first kappa shape index (κ1) is 11.7. The van der Waals surface area contributed by atoms with Crippen molar-refractivity contribution >= 4 is 11.6 Å². The molecule has 1 rings (SSSR count). The van der Waals surface area contributed by atoms with Crippen molar-refractivity contribution in [3.05, 3.63) is 22.3 Å². The molecule has 15 heavy (non-hydrogen) atoms. The number of nitriles is 1. The van der Waals surface area contributed by atoms with E-state index in [1.165, 1.54) is 7.11 Å². The van der Waals surface area contributed by atoms with Crippen LogP contribution in [0, 0.1) is 11.3 Å². The van der Waals surface area contributed by atoms with Gasteiger partial charge in [-0.1, -0.05) is 11.6 Å². The molecule has 0 aliphatic rings. The molecule has 80 valence electrons. The van der Waals surface area contributed by atoms with Gasteiger partial charge in [-0.15, -0.1) is 0 Å². The molecule has 1 aromatic heterocycles. The molecule has 0 fully saturated rings. The molecule has 0 atom stereocenters. The standard InChI is InChI=1S/C9H7ClF2N2O/c1-15-9-5(8(11)12)4-6(10)7(14-9)2-3-13/h4,8H,2H2,1H3. The number of halogens is 3. The summed E-state index contributed by atoms with van der Waals surface area (Å²) >= 11 is 5.68. The Bertz CT molecular complexity index is 404. The van der Waals surface area contributed by atoms with E-state index in [0.29, 0.717) is 0 Å². The molecule has 0 unspecified atom stereocenters. The molecule has 0 saturated heterocycles. The highest BCUT2D eigenvalue weighted by Crippen LogP contribution is 2.31. The Labute approximate surface area is 90.3 Å². The summed E-state index contributed by atoms with van der Waals surface area (Å²) in [6.45, 7) is 0. The molecule has 0 aliphatic heterocycles. The Kier molecular flexibility index (Phi) is 3.81. The monoisotopic (exact) mass is 232 g/mol. The number of rotatable bonds is 3. The van der Waals surface area contributed by atoms with Crippen molar-refractivity contribution in [1.82, 2.24) is 4.98 Å². The maximum absolute atomic E-state index is 12.5. The molecular weight excluding hydrogens is 226 g/mol. The number of alkyl halides is 2. The van der Waals surface area contributed by atoms with E-state index in [1.54, 1.807) is 0 Å². The smallest absolute Gasteiger partial charge is 0.269 e. The highest BCUT2D eigenvalue weighted by molar-refractivity contribution is 6.31. The number of hydrogen-bond acceptors (Lipinski definition) is 3. The maximum atomic E-state index is 12.5. The zero-order chi connectivity index (χ0) is 11.4. The average molecular weight is 233 g/mol. The third kappa shape index (κ3) is 2.54. The lowest BCUT2D eigenvalue weighted by Crippen LogP contribution is -2.00. The molecule has 3 nitrogen and oxygen atoms in total. The number of methoxy groups -OCH3 is 1. The zero-order valence-corrected chi connectivity index (χ0v) is 8.55. The van der Waals surface area contributed by atoms with Crippen LogP contribution in [-0.2, 0) is 6.42 Å². The minimum Gasteiger partial charge on any atom is -0.481 e. The van der Waals surface area contributed by atoms with Crippen LogP contribution in [0.1, 0.15) is 17.7 Å². The van der Waals surface area contributed by atoms with E-state index in [4.69, 9.17) is 16.9 Å². The van der Waals surface area contributed by atoms with Gasteiger partial charge < -0.3 is 4.74 Å². The average Bonchev–Trinajstić information content (AvgIpc) is 2.20. The summed E-state index contributed by atoms with van der Waals surface area (Å²) in [7, 11) is 1.23. The van der Waals surface area contributed by atoms with Crippen molar-refractivity contribution in [2.75, 3.05) is 7.11 Å². The van der Waals surface area contributed by atoms with E-state index in [2.05, 4.69) is 9.72 Å². The fourth-order valence-electron chi connectivity index (χ4n) is 1.04. The molecule has 0 amide bonds. The molecule has 0 radical (unpaired) electrons. The number of ether oxygens (including phenoxy) is 1.